The molecule has 7 nitrogen and oxygen atoms in total. The van der Waals surface area contributed by atoms with Crippen molar-refractivity contribution in [3.05, 3.63) is 90.6 Å². The number of rotatable bonds is 7. The van der Waals surface area contributed by atoms with Crippen LogP contribution in [0.5, 0.6) is 5.75 Å². The standard InChI is InChI=1S/C25H22N6O/c1-32-20-12-10-18(11-13-20)14-16-27-23-17-22(21-9-5-6-15-26-21)28-25-29-24(30-31(23)25)19-7-3-2-4-8-19/h2-13,15,17,27H,14,16H2,1H3. The summed E-state index contributed by atoms with van der Waals surface area (Å²) in [6.45, 7) is 0.730. The number of anilines is 1. The van der Waals surface area contributed by atoms with Crippen LogP contribution in [-0.4, -0.2) is 38.2 Å². The molecular weight excluding hydrogens is 400 g/mol. The third-order valence-electron chi connectivity index (χ3n) is 5.15. The normalized spacial score (nSPS) is 10.9. The number of aromatic nitrogens is 5. The summed E-state index contributed by atoms with van der Waals surface area (Å²) in [6.07, 6.45) is 2.62. The molecule has 0 aliphatic rings. The number of hydrogen-bond acceptors (Lipinski definition) is 6. The molecule has 0 amide bonds. The number of nitrogens with one attached hydrogen (secondary N) is 1. The maximum atomic E-state index is 5.24. The molecule has 0 saturated carbocycles. The Balaban J connectivity index is 1.47. The number of nitrogens with zero attached hydrogens (tertiary/aromatic N) is 5. The zero-order valence-corrected chi connectivity index (χ0v) is 17.6. The minimum atomic E-state index is 0.527. The van der Waals surface area contributed by atoms with Crippen LogP contribution in [0.4, 0.5) is 5.82 Å². The Labute approximate surface area is 185 Å². The van der Waals surface area contributed by atoms with Crippen LogP contribution in [0.15, 0.2) is 85.1 Å². The van der Waals surface area contributed by atoms with Gasteiger partial charge >= 0.3 is 0 Å². The minimum absolute atomic E-state index is 0.527. The Kier molecular flexibility index (Phi) is 5.45. The van der Waals surface area contributed by atoms with Gasteiger partial charge in [-0.2, -0.15) is 9.50 Å². The van der Waals surface area contributed by atoms with E-state index in [-0.39, 0.29) is 0 Å². The molecule has 7 heteroatoms. The summed E-state index contributed by atoms with van der Waals surface area (Å²) >= 11 is 0. The van der Waals surface area contributed by atoms with Crippen LogP contribution in [0.2, 0.25) is 0 Å². The van der Waals surface area contributed by atoms with Gasteiger partial charge in [0.1, 0.15) is 11.6 Å². The molecule has 3 aromatic heterocycles. The van der Waals surface area contributed by atoms with Crippen molar-refractivity contribution in [2.75, 3.05) is 19.0 Å². The van der Waals surface area contributed by atoms with Crippen molar-refractivity contribution >= 4 is 11.6 Å². The first-order valence-electron chi connectivity index (χ1n) is 10.4. The Morgan fingerprint density at radius 2 is 1.69 bits per heavy atom. The van der Waals surface area contributed by atoms with Gasteiger partial charge in [-0.25, -0.2) is 4.98 Å². The molecule has 0 fully saturated rings. The molecule has 0 spiro atoms. The Morgan fingerprint density at radius 3 is 2.44 bits per heavy atom. The molecule has 0 unspecified atom stereocenters. The van der Waals surface area contributed by atoms with Crippen molar-refractivity contribution in [2.24, 2.45) is 0 Å². The minimum Gasteiger partial charge on any atom is -0.497 e. The van der Waals surface area contributed by atoms with Crippen molar-refractivity contribution < 1.29 is 4.74 Å². The van der Waals surface area contributed by atoms with Crippen molar-refractivity contribution in [3.63, 3.8) is 0 Å². The van der Waals surface area contributed by atoms with Crippen LogP contribution in [0.1, 0.15) is 5.56 Å². The summed E-state index contributed by atoms with van der Waals surface area (Å²) in [6, 6.07) is 25.7. The van der Waals surface area contributed by atoms with Gasteiger partial charge in [-0.15, -0.1) is 5.10 Å². The van der Waals surface area contributed by atoms with E-state index in [0.29, 0.717) is 11.6 Å². The summed E-state index contributed by atoms with van der Waals surface area (Å²) in [5, 5.41) is 8.21. The van der Waals surface area contributed by atoms with E-state index in [2.05, 4.69) is 27.4 Å². The van der Waals surface area contributed by atoms with E-state index in [0.717, 1.165) is 41.5 Å². The Morgan fingerprint density at radius 1 is 0.875 bits per heavy atom. The predicted octanol–water partition coefficient (Wildman–Crippen LogP) is 4.52. The van der Waals surface area contributed by atoms with Crippen molar-refractivity contribution in [1.29, 1.82) is 0 Å². The summed E-state index contributed by atoms with van der Waals surface area (Å²) in [7, 11) is 1.67. The molecular formula is C25H22N6O. The molecule has 0 aliphatic heterocycles. The lowest BCUT2D eigenvalue weighted by Gasteiger charge is -2.10. The highest BCUT2D eigenvalue weighted by Gasteiger charge is 2.14. The zero-order chi connectivity index (χ0) is 21.8. The van der Waals surface area contributed by atoms with E-state index in [1.807, 2.05) is 66.7 Å². The van der Waals surface area contributed by atoms with E-state index in [1.165, 1.54) is 5.56 Å². The molecule has 0 saturated heterocycles. The third-order valence-corrected chi connectivity index (χ3v) is 5.15. The molecule has 32 heavy (non-hydrogen) atoms. The topological polar surface area (TPSA) is 77.2 Å². The summed E-state index contributed by atoms with van der Waals surface area (Å²) in [5.74, 6) is 2.83. The second kappa shape index (κ2) is 8.85. The van der Waals surface area contributed by atoms with Crippen molar-refractivity contribution in [1.82, 2.24) is 24.6 Å². The van der Waals surface area contributed by atoms with E-state index in [9.17, 15) is 0 Å². The van der Waals surface area contributed by atoms with Gasteiger partial charge in [-0.1, -0.05) is 48.5 Å². The summed E-state index contributed by atoms with van der Waals surface area (Å²) in [5.41, 5.74) is 3.70. The smallest absolute Gasteiger partial charge is 0.255 e. The fraction of sp³-hybridized carbons (Fsp3) is 0.120. The first-order chi connectivity index (χ1) is 15.8. The molecule has 3 heterocycles. The lowest BCUT2D eigenvalue weighted by molar-refractivity contribution is 0.414. The first-order valence-corrected chi connectivity index (χ1v) is 10.4. The number of hydrogen-bond donors (Lipinski definition) is 1. The van der Waals surface area contributed by atoms with Gasteiger partial charge in [0, 0.05) is 24.4 Å². The SMILES string of the molecule is COc1ccc(CCNc2cc(-c3ccccn3)nc3nc(-c4ccccc4)nn23)cc1. The highest BCUT2D eigenvalue weighted by atomic mass is 16.5. The van der Waals surface area contributed by atoms with E-state index in [1.54, 1.807) is 17.8 Å². The Hall–Kier alpha value is -4.26. The van der Waals surface area contributed by atoms with Crippen LogP contribution in [0.3, 0.4) is 0 Å². The third kappa shape index (κ3) is 4.13. The maximum absolute atomic E-state index is 5.24. The van der Waals surface area contributed by atoms with Gasteiger partial charge in [-0.05, 0) is 36.2 Å². The van der Waals surface area contributed by atoms with Gasteiger partial charge in [0.05, 0.1) is 18.5 Å². The lowest BCUT2D eigenvalue weighted by atomic mass is 10.1. The van der Waals surface area contributed by atoms with Crippen molar-refractivity contribution in [3.8, 4) is 28.5 Å². The summed E-state index contributed by atoms with van der Waals surface area (Å²) < 4.78 is 6.99. The second-order valence-electron chi connectivity index (χ2n) is 7.28. The highest BCUT2D eigenvalue weighted by Crippen LogP contribution is 2.23. The van der Waals surface area contributed by atoms with Gasteiger partial charge in [-0.3, -0.25) is 4.98 Å². The quantitative estimate of drug-likeness (QED) is 0.416. The number of pyridine rings is 1. The summed E-state index contributed by atoms with van der Waals surface area (Å²) in [4.78, 5) is 13.8. The molecule has 0 radical (unpaired) electrons. The fourth-order valence-electron chi connectivity index (χ4n) is 3.48. The van der Waals surface area contributed by atoms with Gasteiger partial charge < -0.3 is 10.1 Å². The number of fused-ring (bicyclic) bond motifs is 1. The van der Waals surface area contributed by atoms with Gasteiger partial charge in [0.25, 0.3) is 5.78 Å². The lowest BCUT2D eigenvalue weighted by Crippen LogP contribution is -2.10. The molecule has 5 aromatic rings. The molecule has 0 bridgehead atoms. The number of ether oxygens (including phenoxy) is 1. The Bertz CT molecular complexity index is 1320. The van der Waals surface area contributed by atoms with Crippen LogP contribution in [0, 0.1) is 0 Å². The van der Waals surface area contributed by atoms with Gasteiger partial charge in [0.15, 0.2) is 5.82 Å². The molecule has 5 rings (SSSR count). The highest BCUT2D eigenvalue weighted by molar-refractivity contribution is 5.64. The molecule has 158 valence electrons. The number of benzene rings is 2. The second-order valence-corrected chi connectivity index (χ2v) is 7.28. The van der Waals surface area contributed by atoms with Crippen molar-refractivity contribution in [2.45, 2.75) is 6.42 Å². The molecule has 2 aromatic carbocycles. The van der Waals surface area contributed by atoms with Crippen LogP contribution in [-0.2, 0) is 6.42 Å². The average molecular weight is 422 g/mol. The van der Waals surface area contributed by atoms with Crippen LogP contribution < -0.4 is 10.1 Å². The van der Waals surface area contributed by atoms with Crippen LogP contribution in [0.25, 0.3) is 28.6 Å². The predicted molar refractivity (Wildman–Crippen MR) is 125 cm³/mol. The van der Waals surface area contributed by atoms with E-state index >= 15 is 0 Å². The molecule has 0 atom stereocenters. The largest absolute Gasteiger partial charge is 0.497 e. The number of methoxy groups -OCH3 is 1. The molecule has 0 aliphatic carbocycles. The zero-order valence-electron chi connectivity index (χ0n) is 17.6. The fourth-order valence-corrected chi connectivity index (χ4v) is 3.48. The van der Waals surface area contributed by atoms with E-state index < -0.39 is 0 Å². The van der Waals surface area contributed by atoms with Gasteiger partial charge in [0.2, 0.25) is 0 Å². The molecule has 1 N–H and O–H groups in total. The first kappa shape index (κ1) is 19.7. The average Bonchev–Trinajstić information content (AvgIpc) is 3.30. The van der Waals surface area contributed by atoms with Crippen LogP contribution >= 0.6 is 0 Å². The monoisotopic (exact) mass is 422 g/mol. The van der Waals surface area contributed by atoms with E-state index in [4.69, 9.17) is 14.8 Å². The maximum Gasteiger partial charge on any atom is 0.255 e.